The van der Waals surface area contributed by atoms with Crippen LogP contribution in [0, 0.1) is 6.92 Å². The van der Waals surface area contributed by atoms with Crippen LogP contribution in [0.2, 0.25) is 0 Å². The maximum Gasteiger partial charge on any atom is 0.310 e. The van der Waals surface area contributed by atoms with Gasteiger partial charge in [-0.2, -0.15) is 0 Å². The van der Waals surface area contributed by atoms with Gasteiger partial charge in [0.2, 0.25) is 0 Å². The predicted octanol–water partition coefficient (Wildman–Crippen LogP) is 2.41. The van der Waals surface area contributed by atoms with Gasteiger partial charge in [0.05, 0.1) is 20.6 Å². The van der Waals surface area contributed by atoms with Gasteiger partial charge in [-0.05, 0) is 18.6 Å². The molecule has 2 aromatic rings. The highest BCUT2D eigenvalue weighted by Gasteiger charge is 2.12. The van der Waals surface area contributed by atoms with E-state index in [4.69, 9.17) is 14.2 Å². The van der Waals surface area contributed by atoms with E-state index in [0.717, 1.165) is 16.7 Å². The van der Waals surface area contributed by atoms with Gasteiger partial charge in [0.1, 0.15) is 0 Å². The van der Waals surface area contributed by atoms with Gasteiger partial charge in [0.15, 0.2) is 18.1 Å². The van der Waals surface area contributed by atoms with Gasteiger partial charge in [0, 0.05) is 12.1 Å². The molecule has 0 heterocycles. The summed E-state index contributed by atoms with van der Waals surface area (Å²) in [4.78, 5) is 23.8. The zero-order chi connectivity index (χ0) is 18.9. The minimum Gasteiger partial charge on any atom is -0.493 e. The number of nitrogens with one attached hydrogen (secondary N) is 1. The summed E-state index contributed by atoms with van der Waals surface area (Å²) in [6.45, 7) is 1.88. The first kappa shape index (κ1) is 19.3. The van der Waals surface area contributed by atoms with Crippen LogP contribution in [0.25, 0.3) is 0 Å². The van der Waals surface area contributed by atoms with Crippen LogP contribution in [0.3, 0.4) is 0 Å². The van der Waals surface area contributed by atoms with E-state index in [1.807, 2.05) is 43.3 Å². The van der Waals surface area contributed by atoms with Crippen molar-refractivity contribution in [3.63, 3.8) is 0 Å². The van der Waals surface area contributed by atoms with Crippen LogP contribution >= 0.6 is 0 Å². The SMILES string of the molecule is COc1cccc(CNC(=O)COC(=O)Cc2cccc(C)c2)c1OC. The number of carbonyl (C=O) groups excluding carboxylic acids is 2. The smallest absolute Gasteiger partial charge is 0.310 e. The quantitative estimate of drug-likeness (QED) is 0.735. The fraction of sp³-hybridized carbons (Fsp3) is 0.300. The third-order valence-corrected chi connectivity index (χ3v) is 3.76. The molecule has 2 aromatic carbocycles. The van der Waals surface area contributed by atoms with Gasteiger partial charge in [-0.1, -0.05) is 42.0 Å². The van der Waals surface area contributed by atoms with E-state index in [1.165, 1.54) is 7.11 Å². The Kier molecular flexibility index (Phi) is 7.02. The highest BCUT2D eigenvalue weighted by Crippen LogP contribution is 2.30. The van der Waals surface area contributed by atoms with E-state index in [1.54, 1.807) is 13.2 Å². The topological polar surface area (TPSA) is 73.9 Å². The summed E-state index contributed by atoms with van der Waals surface area (Å²) in [6, 6.07) is 13.0. The monoisotopic (exact) mass is 357 g/mol. The number of amides is 1. The summed E-state index contributed by atoms with van der Waals surface area (Å²) in [5.74, 6) is 0.327. The number of ether oxygens (including phenoxy) is 3. The molecule has 0 saturated heterocycles. The molecule has 0 radical (unpaired) electrons. The second-order valence-corrected chi connectivity index (χ2v) is 5.76. The van der Waals surface area contributed by atoms with E-state index in [0.29, 0.717) is 11.5 Å². The molecule has 26 heavy (non-hydrogen) atoms. The minimum absolute atomic E-state index is 0.138. The first-order chi connectivity index (χ1) is 12.5. The maximum atomic E-state index is 11.9. The molecule has 0 aliphatic heterocycles. The second-order valence-electron chi connectivity index (χ2n) is 5.76. The van der Waals surface area contributed by atoms with E-state index in [2.05, 4.69) is 5.32 Å². The lowest BCUT2D eigenvalue weighted by Crippen LogP contribution is -2.28. The van der Waals surface area contributed by atoms with E-state index in [9.17, 15) is 9.59 Å². The Morgan fingerprint density at radius 3 is 2.50 bits per heavy atom. The number of esters is 1. The van der Waals surface area contributed by atoms with Crippen LogP contribution in [0.5, 0.6) is 11.5 Å². The lowest BCUT2D eigenvalue weighted by Gasteiger charge is -2.13. The number of para-hydroxylation sites is 1. The third-order valence-electron chi connectivity index (χ3n) is 3.76. The van der Waals surface area contributed by atoms with Crippen molar-refractivity contribution in [1.82, 2.24) is 5.32 Å². The highest BCUT2D eigenvalue weighted by atomic mass is 16.5. The predicted molar refractivity (Wildman–Crippen MR) is 97.2 cm³/mol. The first-order valence-corrected chi connectivity index (χ1v) is 8.21. The van der Waals surface area contributed by atoms with Crippen molar-refractivity contribution in [2.45, 2.75) is 19.9 Å². The number of rotatable bonds is 8. The Labute approximate surface area is 153 Å². The Morgan fingerprint density at radius 2 is 1.81 bits per heavy atom. The summed E-state index contributed by atoms with van der Waals surface area (Å²) in [5.41, 5.74) is 2.70. The normalized spacial score (nSPS) is 10.1. The zero-order valence-corrected chi connectivity index (χ0v) is 15.2. The largest absolute Gasteiger partial charge is 0.493 e. The van der Waals surface area contributed by atoms with Crippen molar-refractivity contribution in [1.29, 1.82) is 0 Å². The molecule has 0 aliphatic carbocycles. The fourth-order valence-corrected chi connectivity index (χ4v) is 2.52. The number of benzene rings is 2. The van der Waals surface area contributed by atoms with Crippen molar-refractivity contribution in [2.75, 3.05) is 20.8 Å². The van der Waals surface area contributed by atoms with Crippen LogP contribution < -0.4 is 14.8 Å². The molecule has 0 saturated carbocycles. The summed E-state index contributed by atoms with van der Waals surface area (Å²) in [5, 5.41) is 2.70. The Bertz CT molecular complexity index is 773. The molecule has 0 aromatic heterocycles. The Balaban J connectivity index is 1.81. The number of methoxy groups -OCH3 is 2. The van der Waals surface area contributed by atoms with Crippen LogP contribution in [-0.4, -0.2) is 32.7 Å². The van der Waals surface area contributed by atoms with Gasteiger partial charge in [0.25, 0.3) is 5.91 Å². The molecule has 138 valence electrons. The summed E-state index contributed by atoms with van der Waals surface area (Å²) in [6.07, 6.45) is 0.138. The zero-order valence-electron chi connectivity index (χ0n) is 15.2. The molecule has 0 atom stereocenters. The van der Waals surface area contributed by atoms with E-state index in [-0.39, 0.29) is 25.5 Å². The van der Waals surface area contributed by atoms with Crippen LogP contribution in [0.4, 0.5) is 0 Å². The molecule has 6 heteroatoms. The van der Waals surface area contributed by atoms with Gasteiger partial charge in [-0.15, -0.1) is 0 Å². The minimum atomic E-state index is -0.440. The number of aryl methyl sites for hydroxylation is 1. The molecule has 1 N–H and O–H groups in total. The van der Waals surface area contributed by atoms with Crippen molar-refractivity contribution in [3.05, 3.63) is 59.2 Å². The number of hydrogen-bond donors (Lipinski definition) is 1. The standard InChI is InChI=1S/C20H23NO5/c1-14-6-4-7-15(10-14)11-19(23)26-13-18(22)21-12-16-8-5-9-17(24-2)20(16)25-3/h4-10H,11-13H2,1-3H3,(H,21,22). The average molecular weight is 357 g/mol. The second kappa shape index (κ2) is 9.46. The molecule has 6 nitrogen and oxygen atoms in total. The molecular weight excluding hydrogens is 334 g/mol. The lowest BCUT2D eigenvalue weighted by molar-refractivity contribution is -0.147. The molecular formula is C20H23NO5. The van der Waals surface area contributed by atoms with Crippen molar-refractivity contribution in [2.24, 2.45) is 0 Å². The molecule has 0 aliphatic rings. The summed E-state index contributed by atoms with van der Waals surface area (Å²) >= 11 is 0. The van der Waals surface area contributed by atoms with Crippen LogP contribution in [-0.2, 0) is 27.3 Å². The third kappa shape index (κ3) is 5.51. The average Bonchev–Trinajstić information content (AvgIpc) is 2.64. The van der Waals surface area contributed by atoms with Gasteiger partial charge < -0.3 is 19.5 Å². The molecule has 0 spiro atoms. The summed E-state index contributed by atoms with van der Waals surface area (Å²) < 4.78 is 15.6. The Hall–Kier alpha value is -3.02. The fourth-order valence-electron chi connectivity index (χ4n) is 2.52. The van der Waals surface area contributed by atoms with Gasteiger partial charge >= 0.3 is 5.97 Å². The molecule has 0 unspecified atom stereocenters. The maximum absolute atomic E-state index is 11.9. The van der Waals surface area contributed by atoms with Gasteiger partial charge in [-0.25, -0.2) is 0 Å². The molecule has 2 rings (SSSR count). The molecule has 0 bridgehead atoms. The van der Waals surface area contributed by atoms with E-state index >= 15 is 0 Å². The van der Waals surface area contributed by atoms with Crippen molar-refractivity contribution < 1.29 is 23.8 Å². The Morgan fingerprint density at radius 1 is 1.04 bits per heavy atom. The highest BCUT2D eigenvalue weighted by molar-refractivity contribution is 5.81. The first-order valence-electron chi connectivity index (χ1n) is 8.21. The van der Waals surface area contributed by atoms with E-state index < -0.39 is 5.97 Å². The lowest BCUT2D eigenvalue weighted by atomic mass is 10.1. The molecule has 0 fully saturated rings. The van der Waals surface area contributed by atoms with Crippen LogP contribution in [0.1, 0.15) is 16.7 Å². The molecule has 1 amide bonds. The van der Waals surface area contributed by atoms with Gasteiger partial charge in [-0.3, -0.25) is 9.59 Å². The summed E-state index contributed by atoms with van der Waals surface area (Å²) in [7, 11) is 3.09. The van der Waals surface area contributed by atoms with Crippen molar-refractivity contribution >= 4 is 11.9 Å². The number of hydrogen-bond acceptors (Lipinski definition) is 5. The number of carbonyl (C=O) groups is 2. The van der Waals surface area contributed by atoms with Crippen LogP contribution in [0.15, 0.2) is 42.5 Å². The van der Waals surface area contributed by atoms with Crippen molar-refractivity contribution in [3.8, 4) is 11.5 Å².